The Morgan fingerprint density at radius 2 is 2.07 bits per heavy atom. The lowest BCUT2D eigenvalue weighted by atomic mass is 10.0. The van der Waals surface area contributed by atoms with Gasteiger partial charge in [0.05, 0.1) is 29.7 Å². The SMILES string of the molecule is CCOC(=O)c1cn(C2CC2)c2c3c(c(F)cc2c1=O)N1CC(=O)C[C@H]1CC=C3. The van der Waals surface area contributed by atoms with Crippen LogP contribution in [-0.4, -0.2) is 35.5 Å². The zero-order chi connectivity index (χ0) is 20.3. The van der Waals surface area contributed by atoms with E-state index < -0.39 is 17.2 Å². The third kappa shape index (κ3) is 2.79. The van der Waals surface area contributed by atoms with E-state index >= 15 is 4.39 Å². The number of hydrogen-bond acceptors (Lipinski definition) is 5. The third-order valence-electron chi connectivity index (χ3n) is 5.94. The lowest BCUT2D eigenvalue weighted by molar-refractivity contribution is -0.116. The highest BCUT2D eigenvalue weighted by Gasteiger charge is 2.36. The Morgan fingerprint density at radius 3 is 2.79 bits per heavy atom. The Morgan fingerprint density at radius 1 is 1.28 bits per heavy atom. The summed E-state index contributed by atoms with van der Waals surface area (Å²) < 4.78 is 22.3. The second-order valence-corrected chi connectivity index (χ2v) is 7.91. The standard InChI is InChI=1S/C22H21FN2O4/c1-2-29-22(28)17-11-25(12-6-7-12)19-15-5-3-4-13-8-14(26)10-24(13)20(15)18(23)9-16(19)21(17)27/h3,5,9,11-13H,2,4,6-8,10H2,1H3/t13-/m1/s1. The molecule has 0 spiro atoms. The Hall–Kier alpha value is -2.96. The number of nitrogens with zero attached hydrogens (tertiary/aromatic N) is 2. The van der Waals surface area contributed by atoms with Crippen molar-refractivity contribution in [2.75, 3.05) is 18.1 Å². The van der Waals surface area contributed by atoms with Gasteiger partial charge in [-0.15, -0.1) is 0 Å². The lowest BCUT2D eigenvalue weighted by Gasteiger charge is -2.27. The number of benzene rings is 1. The number of halogens is 1. The summed E-state index contributed by atoms with van der Waals surface area (Å²) in [6.07, 6.45) is 8.27. The quantitative estimate of drug-likeness (QED) is 0.746. The largest absolute Gasteiger partial charge is 0.462 e. The minimum Gasteiger partial charge on any atom is -0.462 e. The van der Waals surface area contributed by atoms with E-state index in [1.165, 1.54) is 6.07 Å². The van der Waals surface area contributed by atoms with Gasteiger partial charge >= 0.3 is 5.97 Å². The van der Waals surface area contributed by atoms with Crippen molar-refractivity contribution < 1.29 is 18.7 Å². The van der Waals surface area contributed by atoms with Crippen LogP contribution in [0.5, 0.6) is 0 Å². The van der Waals surface area contributed by atoms with Gasteiger partial charge in [0, 0.05) is 30.3 Å². The summed E-state index contributed by atoms with van der Waals surface area (Å²) >= 11 is 0. The third-order valence-corrected chi connectivity index (χ3v) is 5.94. The molecule has 0 bridgehead atoms. The monoisotopic (exact) mass is 396 g/mol. The van der Waals surface area contributed by atoms with E-state index in [4.69, 9.17) is 4.74 Å². The van der Waals surface area contributed by atoms with Gasteiger partial charge in [-0.1, -0.05) is 12.2 Å². The number of aromatic nitrogens is 1. The molecule has 1 atom stereocenters. The predicted octanol–water partition coefficient (Wildman–Crippen LogP) is 3.22. The van der Waals surface area contributed by atoms with Gasteiger partial charge in [0.2, 0.25) is 5.43 Å². The van der Waals surface area contributed by atoms with Crippen molar-refractivity contribution in [3.05, 3.63) is 45.5 Å². The average Bonchev–Trinajstić information content (AvgIpc) is 3.47. The fourth-order valence-electron chi connectivity index (χ4n) is 4.52. The van der Waals surface area contributed by atoms with Crippen molar-refractivity contribution in [1.82, 2.24) is 4.57 Å². The molecule has 0 unspecified atom stereocenters. The second-order valence-electron chi connectivity index (χ2n) is 7.91. The topological polar surface area (TPSA) is 68.6 Å². The molecule has 2 aliphatic heterocycles. The molecule has 6 nitrogen and oxygen atoms in total. The molecule has 3 aliphatic rings. The molecule has 2 aromatic rings. The summed E-state index contributed by atoms with van der Waals surface area (Å²) in [6, 6.07) is 1.32. The minimum absolute atomic E-state index is 0.0631. The van der Waals surface area contributed by atoms with Crippen LogP contribution in [0, 0.1) is 5.82 Å². The van der Waals surface area contributed by atoms with Crippen LogP contribution in [0.4, 0.5) is 10.1 Å². The van der Waals surface area contributed by atoms with E-state index in [1.807, 2.05) is 21.6 Å². The first kappa shape index (κ1) is 18.1. The molecule has 0 N–H and O–H groups in total. The Balaban J connectivity index is 1.83. The number of esters is 1. The molecule has 5 rings (SSSR count). The summed E-state index contributed by atoms with van der Waals surface area (Å²) in [7, 11) is 0. The molecule has 150 valence electrons. The van der Waals surface area contributed by atoms with Crippen molar-refractivity contribution in [2.45, 2.75) is 44.7 Å². The van der Waals surface area contributed by atoms with Gasteiger partial charge in [-0.2, -0.15) is 0 Å². The highest BCUT2D eigenvalue weighted by atomic mass is 19.1. The smallest absolute Gasteiger partial charge is 0.343 e. The second kappa shape index (κ2) is 6.54. The number of carbonyl (C=O) groups excluding carboxylic acids is 2. The molecule has 1 saturated heterocycles. The number of carbonyl (C=O) groups is 2. The van der Waals surface area contributed by atoms with Crippen LogP contribution in [-0.2, 0) is 9.53 Å². The van der Waals surface area contributed by atoms with Gasteiger partial charge in [-0.25, -0.2) is 9.18 Å². The number of anilines is 1. The first-order valence-electron chi connectivity index (χ1n) is 10.0. The molecule has 1 aliphatic carbocycles. The van der Waals surface area contributed by atoms with Gasteiger partial charge in [0.15, 0.2) is 5.78 Å². The maximum atomic E-state index is 15.3. The molecule has 1 aromatic carbocycles. The van der Waals surface area contributed by atoms with Crippen molar-refractivity contribution >= 4 is 34.4 Å². The van der Waals surface area contributed by atoms with Gasteiger partial charge in [-0.05, 0) is 32.3 Å². The number of Topliss-reactive ketones (excluding diaryl/α,β-unsaturated/α-hetero) is 1. The zero-order valence-electron chi connectivity index (χ0n) is 16.1. The van der Waals surface area contributed by atoms with Crippen molar-refractivity contribution in [3.8, 4) is 0 Å². The molecular weight excluding hydrogens is 375 g/mol. The summed E-state index contributed by atoms with van der Waals surface area (Å²) in [5.74, 6) is -1.14. The maximum Gasteiger partial charge on any atom is 0.343 e. The number of ether oxygens (including phenoxy) is 1. The summed E-state index contributed by atoms with van der Waals surface area (Å²) in [5.41, 5.74) is 1.01. The number of fused-ring (bicyclic) bond motifs is 5. The summed E-state index contributed by atoms with van der Waals surface area (Å²) in [5, 5.41) is 0.173. The number of rotatable bonds is 3. The fourth-order valence-corrected chi connectivity index (χ4v) is 4.52. The first-order chi connectivity index (χ1) is 14.0. The van der Waals surface area contributed by atoms with Crippen LogP contribution in [0.25, 0.3) is 17.0 Å². The van der Waals surface area contributed by atoms with Crippen LogP contribution in [0.3, 0.4) is 0 Å². The fraction of sp³-hybridized carbons (Fsp3) is 0.409. The van der Waals surface area contributed by atoms with Crippen LogP contribution in [0.2, 0.25) is 0 Å². The minimum atomic E-state index is -0.690. The Kier molecular flexibility index (Phi) is 4.08. The molecule has 0 radical (unpaired) electrons. The van der Waals surface area contributed by atoms with Crippen LogP contribution in [0.1, 0.15) is 54.6 Å². The van der Waals surface area contributed by atoms with Crippen molar-refractivity contribution in [3.63, 3.8) is 0 Å². The van der Waals surface area contributed by atoms with Crippen LogP contribution >= 0.6 is 0 Å². The molecule has 3 heterocycles. The van der Waals surface area contributed by atoms with E-state index in [0.29, 0.717) is 29.6 Å². The van der Waals surface area contributed by atoms with E-state index in [1.54, 1.807) is 13.1 Å². The lowest BCUT2D eigenvalue weighted by Crippen LogP contribution is -2.30. The molecule has 1 saturated carbocycles. The maximum absolute atomic E-state index is 15.3. The van der Waals surface area contributed by atoms with E-state index in [0.717, 1.165) is 12.8 Å². The summed E-state index contributed by atoms with van der Waals surface area (Å²) in [6.45, 7) is 2.01. The molecule has 2 fully saturated rings. The molecular formula is C22H21FN2O4. The van der Waals surface area contributed by atoms with Crippen LogP contribution in [0.15, 0.2) is 23.1 Å². The molecule has 1 aromatic heterocycles. The van der Waals surface area contributed by atoms with E-state index in [-0.39, 0.29) is 42.0 Å². The zero-order valence-corrected chi connectivity index (χ0v) is 16.1. The normalized spacial score (nSPS) is 20.6. The van der Waals surface area contributed by atoms with E-state index in [2.05, 4.69) is 0 Å². The first-order valence-corrected chi connectivity index (χ1v) is 10.0. The van der Waals surface area contributed by atoms with Gasteiger partial charge in [-0.3, -0.25) is 9.59 Å². The number of ketones is 1. The van der Waals surface area contributed by atoms with Crippen molar-refractivity contribution in [1.29, 1.82) is 0 Å². The highest BCUT2D eigenvalue weighted by Crippen LogP contribution is 2.43. The average molecular weight is 396 g/mol. The van der Waals surface area contributed by atoms with Gasteiger partial charge in [0.25, 0.3) is 0 Å². The van der Waals surface area contributed by atoms with Crippen molar-refractivity contribution in [2.24, 2.45) is 0 Å². The van der Waals surface area contributed by atoms with Gasteiger partial charge < -0.3 is 14.2 Å². The predicted molar refractivity (Wildman–Crippen MR) is 107 cm³/mol. The molecule has 0 amide bonds. The van der Waals surface area contributed by atoms with Crippen LogP contribution < -0.4 is 10.3 Å². The molecule has 7 heteroatoms. The summed E-state index contributed by atoms with van der Waals surface area (Å²) in [4.78, 5) is 39.3. The molecule has 29 heavy (non-hydrogen) atoms. The highest BCUT2D eigenvalue weighted by molar-refractivity contribution is 6.00. The number of hydrogen-bond donors (Lipinski definition) is 0. The number of pyridine rings is 1. The Labute approximate surface area is 166 Å². The Bertz CT molecular complexity index is 1150. The van der Waals surface area contributed by atoms with E-state index in [9.17, 15) is 14.4 Å². The van der Waals surface area contributed by atoms with Gasteiger partial charge in [0.1, 0.15) is 11.4 Å².